The Kier molecular flexibility index (Phi) is 7.38. The van der Waals surface area contributed by atoms with E-state index in [1.807, 2.05) is 50.2 Å². The Morgan fingerprint density at radius 2 is 1.72 bits per heavy atom. The molecule has 1 fully saturated rings. The van der Waals surface area contributed by atoms with E-state index in [1.54, 1.807) is 18.2 Å². The van der Waals surface area contributed by atoms with Crippen LogP contribution in [-0.4, -0.2) is 25.0 Å². The summed E-state index contributed by atoms with van der Waals surface area (Å²) in [7, 11) is 1.53. The highest BCUT2D eigenvalue weighted by atomic mass is 127. The van der Waals surface area contributed by atoms with Gasteiger partial charge in [0.25, 0.3) is 11.8 Å². The van der Waals surface area contributed by atoms with Gasteiger partial charge in [-0.1, -0.05) is 60.2 Å². The van der Waals surface area contributed by atoms with Crippen molar-refractivity contribution in [2.45, 2.75) is 20.5 Å². The third kappa shape index (κ3) is 5.24. The molecule has 1 aliphatic heterocycles. The number of methoxy groups -OCH3 is 1. The fourth-order valence-corrected chi connectivity index (χ4v) is 5.41. The maximum Gasteiger partial charge on any atom is 0.335 e. The molecule has 5 rings (SSSR count). The van der Waals surface area contributed by atoms with E-state index in [0.29, 0.717) is 29.4 Å². The molecule has 0 saturated carbocycles. The molecule has 4 aromatic carbocycles. The van der Waals surface area contributed by atoms with Gasteiger partial charge >= 0.3 is 6.03 Å². The molecule has 7 nitrogen and oxygen atoms in total. The van der Waals surface area contributed by atoms with Gasteiger partial charge in [-0.2, -0.15) is 0 Å². The summed E-state index contributed by atoms with van der Waals surface area (Å²) in [5.74, 6) is -0.433. The monoisotopic (exact) mass is 632 g/mol. The highest BCUT2D eigenvalue weighted by molar-refractivity contribution is 14.1. The molecule has 0 unspecified atom stereocenters. The molecule has 0 radical (unpaired) electrons. The second kappa shape index (κ2) is 10.9. The number of fused-ring (bicyclic) bond motifs is 1. The number of aryl methyl sites for hydroxylation is 2. The van der Waals surface area contributed by atoms with Crippen molar-refractivity contribution in [3.8, 4) is 11.5 Å². The van der Waals surface area contributed by atoms with Crippen molar-refractivity contribution in [1.82, 2.24) is 5.32 Å². The van der Waals surface area contributed by atoms with E-state index in [1.165, 1.54) is 13.2 Å². The standard InChI is InChI=1S/C31H25IN2O5/c1-18-11-12-26(19(2)13-18)34-30(36)24(29(35)33-31(34)37)14-20-15-25(32)28(27(16-20)38-3)39-17-22-9-6-8-21-7-4-5-10-23(21)22/h4-16H,17H2,1-3H3,(H,33,35,37)/b24-14+. The van der Waals surface area contributed by atoms with Crippen LogP contribution in [0.25, 0.3) is 16.8 Å². The fourth-order valence-electron chi connectivity index (χ4n) is 4.63. The summed E-state index contributed by atoms with van der Waals surface area (Å²) in [6, 6.07) is 22.3. The van der Waals surface area contributed by atoms with Crippen molar-refractivity contribution in [1.29, 1.82) is 0 Å². The lowest BCUT2D eigenvalue weighted by molar-refractivity contribution is -0.122. The average molecular weight is 632 g/mol. The number of hydrogen-bond acceptors (Lipinski definition) is 5. The number of halogens is 1. The summed E-state index contributed by atoms with van der Waals surface area (Å²) in [5.41, 5.74) is 3.61. The van der Waals surface area contributed by atoms with E-state index in [0.717, 1.165) is 35.9 Å². The van der Waals surface area contributed by atoms with Crippen LogP contribution >= 0.6 is 22.6 Å². The Bertz CT molecular complexity index is 1670. The Hall–Kier alpha value is -4.18. The van der Waals surface area contributed by atoms with Gasteiger partial charge in [0.1, 0.15) is 12.2 Å². The van der Waals surface area contributed by atoms with Crippen LogP contribution in [0.2, 0.25) is 0 Å². The molecule has 0 aliphatic carbocycles. The zero-order valence-electron chi connectivity index (χ0n) is 21.6. The van der Waals surface area contributed by atoms with Gasteiger partial charge in [0, 0.05) is 0 Å². The van der Waals surface area contributed by atoms with E-state index in [2.05, 4.69) is 46.1 Å². The number of barbiturate groups is 1. The topological polar surface area (TPSA) is 84.9 Å². The molecule has 8 heteroatoms. The minimum Gasteiger partial charge on any atom is -0.493 e. The van der Waals surface area contributed by atoms with E-state index in [4.69, 9.17) is 9.47 Å². The van der Waals surface area contributed by atoms with Gasteiger partial charge in [0.15, 0.2) is 11.5 Å². The number of ether oxygens (including phenoxy) is 2. The molecule has 39 heavy (non-hydrogen) atoms. The van der Waals surface area contributed by atoms with Crippen LogP contribution in [0.5, 0.6) is 11.5 Å². The number of nitrogens with zero attached hydrogens (tertiary/aromatic N) is 1. The third-order valence-electron chi connectivity index (χ3n) is 6.51. The first-order valence-corrected chi connectivity index (χ1v) is 13.3. The molecule has 0 atom stereocenters. The smallest absolute Gasteiger partial charge is 0.335 e. The van der Waals surface area contributed by atoms with Gasteiger partial charge in [-0.3, -0.25) is 14.9 Å². The van der Waals surface area contributed by atoms with Crippen molar-refractivity contribution in [2.75, 3.05) is 12.0 Å². The molecule has 1 heterocycles. The minimum absolute atomic E-state index is 0.156. The van der Waals surface area contributed by atoms with Gasteiger partial charge in [0.05, 0.1) is 16.4 Å². The molecule has 196 valence electrons. The van der Waals surface area contributed by atoms with E-state index >= 15 is 0 Å². The van der Waals surface area contributed by atoms with Gasteiger partial charge in [-0.15, -0.1) is 0 Å². The SMILES string of the molecule is COc1cc(/C=C2\C(=O)NC(=O)N(c3ccc(C)cc3C)C2=O)cc(I)c1OCc1cccc2ccccc12. The van der Waals surface area contributed by atoms with Gasteiger partial charge < -0.3 is 9.47 Å². The molecule has 1 aliphatic rings. The van der Waals surface area contributed by atoms with Gasteiger partial charge in [0.2, 0.25) is 0 Å². The van der Waals surface area contributed by atoms with Crippen molar-refractivity contribution < 1.29 is 23.9 Å². The Balaban J connectivity index is 1.45. The van der Waals surface area contributed by atoms with Crippen LogP contribution in [0.4, 0.5) is 10.5 Å². The highest BCUT2D eigenvalue weighted by Gasteiger charge is 2.37. The maximum atomic E-state index is 13.4. The summed E-state index contributed by atoms with van der Waals surface area (Å²) in [6.07, 6.45) is 1.46. The molecule has 0 aromatic heterocycles. The Morgan fingerprint density at radius 1 is 0.949 bits per heavy atom. The maximum absolute atomic E-state index is 13.4. The summed E-state index contributed by atoms with van der Waals surface area (Å²) in [4.78, 5) is 39.7. The first-order chi connectivity index (χ1) is 18.8. The Labute approximate surface area is 239 Å². The number of amides is 4. The quantitative estimate of drug-likeness (QED) is 0.153. The lowest BCUT2D eigenvalue weighted by Gasteiger charge is -2.27. The number of imide groups is 2. The first-order valence-electron chi connectivity index (χ1n) is 12.2. The Morgan fingerprint density at radius 3 is 2.49 bits per heavy atom. The average Bonchev–Trinajstić information content (AvgIpc) is 2.91. The summed E-state index contributed by atoms with van der Waals surface area (Å²) < 4.78 is 12.6. The van der Waals surface area contributed by atoms with Crippen molar-refractivity contribution in [2.24, 2.45) is 0 Å². The number of benzene rings is 4. The van der Waals surface area contributed by atoms with E-state index in [9.17, 15) is 14.4 Å². The molecule has 4 aromatic rings. The molecule has 0 bridgehead atoms. The normalized spacial score (nSPS) is 14.6. The fraction of sp³-hybridized carbons (Fsp3) is 0.129. The molecule has 0 spiro atoms. The third-order valence-corrected chi connectivity index (χ3v) is 7.31. The molecule has 1 N–H and O–H groups in total. The molecular formula is C31H25IN2O5. The predicted octanol–water partition coefficient (Wildman–Crippen LogP) is 6.32. The number of urea groups is 1. The number of nitrogens with one attached hydrogen (secondary N) is 1. The van der Waals surface area contributed by atoms with Gasteiger partial charge in [-0.25, -0.2) is 9.69 Å². The van der Waals surface area contributed by atoms with Crippen LogP contribution in [0.3, 0.4) is 0 Å². The summed E-state index contributed by atoms with van der Waals surface area (Å²) in [5, 5.41) is 4.52. The van der Waals surface area contributed by atoms with Crippen LogP contribution < -0.4 is 19.7 Å². The highest BCUT2D eigenvalue weighted by Crippen LogP contribution is 2.36. The van der Waals surface area contributed by atoms with Crippen LogP contribution in [-0.2, 0) is 16.2 Å². The predicted molar refractivity (Wildman–Crippen MR) is 159 cm³/mol. The van der Waals surface area contributed by atoms with Crippen LogP contribution in [0.1, 0.15) is 22.3 Å². The second-order valence-electron chi connectivity index (χ2n) is 9.21. The number of anilines is 1. The summed E-state index contributed by atoms with van der Waals surface area (Å²) >= 11 is 2.14. The lowest BCUT2D eigenvalue weighted by Crippen LogP contribution is -2.54. The first kappa shape index (κ1) is 26.4. The van der Waals surface area contributed by atoms with Crippen LogP contribution in [0.15, 0.2) is 78.4 Å². The number of carbonyl (C=O) groups excluding carboxylic acids is 3. The zero-order valence-corrected chi connectivity index (χ0v) is 23.7. The number of rotatable bonds is 6. The van der Waals surface area contributed by atoms with E-state index < -0.39 is 17.8 Å². The molecule has 1 saturated heterocycles. The lowest BCUT2D eigenvalue weighted by atomic mass is 10.0. The number of hydrogen-bond donors (Lipinski definition) is 1. The largest absolute Gasteiger partial charge is 0.493 e. The molecular weight excluding hydrogens is 607 g/mol. The summed E-state index contributed by atoms with van der Waals surface area (Å²) in [6.45, 7) is 4.07. The molecule has 4 amide bonds. The van der Waals surface area contributed by atoms with Crippen molar-refractivity contribution >= 4 is 63.0 Å². The van der Waals surface area contributed by atoms with Crippen LogP contribution in [0, 0.1) is 17.4 Å². The van der Waals surface area contributed by atoms with Crippen molar-refractivity contribution in [3.63, 3.8) is 0 Å². The zero-order chi connectivity index (χ0) is 27.7. The number of carbonyl (C=O) groups is 3. The van der Waals surface area contributed by atoms with E-state index in [-0.39, 0.29) is 5.57 Å². The van der Waals surface area contributed by atoms with Gasteiger partial charge in [-0.05, 0) is 88.2 Å². The second-order valence-corrected chi connectivity index (χ2v) is 10.4. The van der Waals surface area contributed by atoms with Crippen molar-refractivity contribution in [3.05, 3.63) is 104 Å². The minimum atomic E-state index is -0.779.